The number of alkyl halides is 1. The van der Waals surface area contributed by atoms with Gasteiger partial charge in [-0.25, -0.2) is 0 Å². The number of hydrogen-bond donors (Lipinski definition) is 0. The number of nitrogens with zero attached hydrogens (tertiary/aromatic N) is 1. The molecule has 2 nitrogen and oxygen atoms in total. The number of aliphatic imine (C=N–C) groups is 1. The van der Waals surface area contributed by atoms with Crippen molar-refractivity contribution in [3.63, 3.8) is 0 Å². The van der Waals surface area contributed by atoms with Crippen LogP contribution >= 0.6 is 15.9 Å². The van der Waals surface area contributed by atoms with E-state index in [4.69, 9.17) is 4.74 Å². The van der Waals surface area contributed by atoms with Gasteiger partial charge in [-0.15, -0.1) is 0 Å². The van der Waals surface area contributed by atoms with E-state index in [0.29, 0.717) is 11.4 Å². The maximum absolute atomic E-state index is 5.12. The average Bonchev–Trinajstić information content (AvgIpc) is 1.85. The summed E-state index contributed by atoms with van der Waals surface area (Å²) < 4.78 is 5.12. The summed E-state index contributed by atoms with van der Waals surface area (Å²) in [7, 11) is 0. The van der Waals surface area contributed by atoms with Crippen molar-refractivity contribution >= 4 is 21.8 Å². The minimum Gasteiger partial charge on any atom is -0.481 e. The highest BCUT2D eigenvalue weighted by atomic mass is 79.9. The van der Waals surface area contributed by atoms with Gasteiger partial charge >= 0.3 is 0 Å². The maximum atomic E-state index is 5.12. The second-order valence-electron chi connectivity index (χ2n) is 2.07. The number of ether oxygens (including phenoxy) is 1. The number of hydrogen-bond acceptors (Lipinski definition) is 2. The zero-order valence-electron chi connectivity index (χ0n) is 6.72. The molecule has 0 saturated carbocycles. The van der Waals surface area contributed by atoms with Crippen LogP contribution in [0.1, 0.15) is 20.8 Å². The van der Waals surface area contributed by atoms with Gasteiger partial charge in [-0.2, -0.15) is 0 Å². The van der Waals surface area contributed by atoms with Crippen LogP contribution in [0, 0.1) is 0 Å². The van der Waals surface area contributed by atoms with E-state index in [1.54, 1.807) is 0 Å². The summed E-state index contributed by atoms with van der Waals surface area (Å²) in [6.45, 7) is 7.37. The molecule has 0 aliphatic rings. The van der Waals surface area contributed by atoms with E-state index in [1.165, 1.54) is 0 Å². The molecule has 0 spiro atoms. The van der Waals surface area contributed by atoms with E-state index in [9.17, 15) is 0 Å². The van der Waals surface area contributed by atoms with Gasteiger partial charge in [0.05, 0.1) is 13.2 Å². The van der Waals surface area contributed by atoms with Gasteiger partial charge in [0.2, 0.25) is 0 Å². The molecule has 0 rings (SSSR count). The van der Waals surface area contributed by atoms with Crippen LogP contribution in [0.5, 0.6) is 0 Å². The summed E-state index contributed by atoms with van der Waals surface area (Å²) in [5.74, 6) is 0.772. The van der Waals surface area contributed by atoms with Crippen molar-refractivity contribution in [2.24, 2.45) is 4.99 Å². The zero-order chi connectivity index (χ0) is 7.98. The normalized spacial score (nSPS) is 15.0. The molecule has 0 heterocycles. The van der Waals surface area contributed by atoms with Crippen molar-refractivity contribution in [1.29, 1.82) is 0 Å². The average molecular weight is 208 g/mol. The SMILES string of the molecule is CCOC(C)=NCC(C)Br. The van der Waals surface area contributed by atoms with Gasteiger partial charge in [-0.3, -0.25) is 4.99 Å². The van der Waals surface area contributed by atoms with Crippen LogP contribution in [0.2, 0.25) is 0 Å². The van der Waals surface area contributed by atoms with Crippen LogP contribution in [0.15, 0.2) is 4.99 Å². The molecule has 0 radical (unpaired) electrons. The number of rotatable bonds is 3. The highest BCUT2D eigenvalue weighted by Crippen LogP contribution is 1.97. The van der Waals surface area contributed by atoms with E-state index < -0.39 is 0 Å². The molecule has 0 aromatic rings. The molecule has 0 saturated heterocycles. The number of halogens is 1. The van der Waals surface area contributed by atoms with Gasteiger partial charge in [0.1, 0.15) is 0 Å². The molecule has 0 bridgehead atoms. The third-order valence-electron chi connectivity index (χ3n) is 0.919. The standard InChI is InChI=1S/C7H14BrNO/c1-4-10-7(3)9-5-6(2)8/h6H,4-5H2,1-3H3. The van der Waals surface area contributed by atoms with Crippen LogP contribution in [-0.4, -0.2) is 23.9 Å². The molecule has 10 heavy (non-hydrogen) atoms. The second kappa shape index (κ2) is 5.71. The van der Waals surface area contributed by atoms with Crippen molar-refractivity contribution in [3.8, 4) is 0 Å². The molecule has 0 N–H and O–H groups in total. The second-order valence-corrected chi connectivity index (χ2v) is 3.64. The smallest absolute Gasteiger partial charge is 0.179 e. The monoisotopic (exact) mass is 207 g/mol. The van der Waals surface area contributed by atoms with E-state index in [-0.39, 0.29) is 0 Å². The lowest BCUT2D eigenvalue weighted by Gasteiger charge is -2.01. The predicted molar refractivity (Wildman–Crippen MR) is 48.0 cm³/mol. The molecular formula is C7H14BrNO. The quantitative estimate of drug-likeness (QED) is 0.396. The minimum atomic E-state index is 0.433. The van der Waals surface area contributed by atoms with Gasteiger partial charge < -0.3 is 4.74 Å². The maximum Gasteiger partial charge on any atom is 0.179 e. The highest BCUT2D eigenvalue weighted by molar-refractivity contribution is 9.09. The van der Waals surface area contributed by atoms with Gasteiger partial charge in [0, 0.05) is 11.8 Å². The largest absolute Gasteiger partial charge is 0.481 e. The summed E-state index contributed by atoms with van der Waals surface area (Å²) >= 11 is 3.39. The van der Waals surface area contributed by atoms with Crippen LogP contribution < -0.4 is 0 Å². The van der Waals surface area contributed by atoms with Gasteiger partial charge in [-0.05, 0) is 6.92 Å². The molecule has 60 valence electrons. The molecule has 0 aromatic carbocycles. The van der Waals surface area contributed by atoms with Gasteiger partial charge in [0.25, 0.3) is 0 Å². The van der Waals surface area contributed by atoms with Crippen molar-refractivity contribution in [3.05, 3.63) is 0 Å². The van der Waals surface area contributed by atoms with Crippen LogP contribution in [-0.2, 0) is 4.74 Å². The Balaban J connectivity index is 3.47. The van der Waals surface area contributed by atoms with Crippen LogP contribution in [0.25, 0.3) is 0 Å². The Bertz CT molecular complexity index is 112. The van der Waals surface area contributed by atoms with Crippen LogP contribution in [0.3, 0.4) is 0 Å². The van der Waals surface area contributed by atoms with Crippen molar-refractivity contribution < 1.29 is 4.74 Å². The minimum absolute atomic E-state index is 0.433. The summed E-state index contributed by atoms with van der Waals surface area (Å²) in [5, 5.41) is 0. The van der Waals surface area contributed by atoms with E-state index in [1.807, 2.05) is 13.8 Å². The molecule has 0 amide bonds. The molecule has 1 unspecified atom stereocenters. The van der Waals surface area contributed by atoms with E-state index >= 15 is 0 Å². The Kier molecular flexibility index (Phi) is 5.69. The first kappa shape index (κ1) is 9.95. The fraction of sp³-hybridized carbons (Fsp3) is 0.857. The van der Waals surface area contributed by atoms with Gasteiger partial charge in [-0.1, -0.05) is 22.9 Å². The summed E-state index contributed by atoms with van der Waals surface area (Å²) in [6, 6.07) is 0. The fourth-order valence-corrected chi connectivity index (χ4v) is 0.654. The third-order valence-corrected chi connectivity index (χ3v) is 1.21. The topological polar surface area (TPSA) is 21.6 Å². The molecule has 0 aliphatic carbocycles. The molecule has 3 heteroatoms. The molecule has 0 aromatic heterocycles. The molecule has 1 atom stereocenters. The lowest BCUT2D eigenvalue weighted by molar-refractivity contribution is 0.323. The Morgan fingerprint density at radius 2 is 2.30 bits per heavy atom. The Morgan fingerprint density at radius 1 is 1.70 bits per heavy atom. The summed E-state index contributed by atoms with van der Waals surface area (Å²) in [6.07, 6.45) is 0. The highest BCUT2D eigenvalue weighted by Gasteiger charge is 1.93. The van der Waals surface area contributed by atoms with Crippen molar-refractivity contribution in [1.82, 2.24) is 0 Å². The predicted octanol–water partition coefficient (Wildman–Crippen LogP) is 2.22. The van der Waals surface area contributed by atoms with E-state index in [2.05, 4.69) is 27.8 Å². The first-order chi connectivity index (χ1) is 4.66. The third kappa shape index (κ3) is 6.08. The summed E-state index contributed by atoms with van der Waals surface area (Å²) in [5.41, 5.74) is 0. The van der Waals surface area contributed by atoms with E-state index in [0.717, 1.165) is 12.4 Å². The first-order valence-electron chi connectivity index (χ1n) is 3.44. The lowest BCUT2D eigenvalue weighted by atomic mass is 10.5. The zero-order valence-corrected chi connectivity index (χ0v) is 8.31. The lowest BCUT2D eigenvalue weighted by Crippen LogP contribution is -2.03. The molecular weight excluding hydrogens is 194 g/mol. The van der Waals surface area contributed by atoms with Crippen LogP contribution in [0.4, 0.5) is 0 Å². The molecule has 0 aliphatic heterocycles. The first-order valence-corrected chi connectivity index (χ1v) is 4.36. The Hall–Kier alpha value is -0.0500. The van der Waals surface area contributed by atoms with Crippen molar-refractivity contribution in [2.75, 3.05) is 13.2 Å². The fourth-order valence-electron chi connectivity index (χ4n) is 0.509. The summed E-state index contributed by atoms with van der Waals surface area (Å²) in [4.78, 5) is 4.59. The van der Waals surface area contributed by atoms with Crippen molar-refractivity contribution in [2.45, 2.75) is 25.6 Å². The Morgan fingerprint density at radius 3 is 2.70 bits per heavy atom. The Labute approximate surface area is 70.8 Å². The van der Waals surface area contributed by atoms with Gasteiger partial charge in [0.15, 0.2) is 5.90 Å². The molecule has 0 fully saturated rings.